The highest BCUT2D eigenvalue weighted by atomic mass is 19.1. The Morgan fingerprint density at radius 1 is 1.28 bits per heavy atom. The Balaban J connectivity index is 2.01. The van der Waals surface area contributed by atoms with Crippen molar-refractivity contribution in [3.63, 3.8) is 0 Å². The molecule has 2 heterocycles. The molecule has 0 bridgehead atoms. The molecule has 0 radical (unpaired) electrons. The van der Waals surface area contributed by atoms with E-state index in [-0.39, 0.29) is 18.5 Å². The molecule has 18 heavy (non-hydrogen) atoms. The number of rotatable bonds is 1. The van der Waals surface area contributed by atoms with Crippen molar-refractivity contribution in [2.45, 2.75) is 6.10 Å². The molecule has 0 amide bonds. The number of ether oxygens (including phenoxy) is 3. The molecule has 0 aromatic heterocycles. The van der Waals surface area contributed by atoms with Gasteiger partial charge in [-0.25, -0.2) is 0 Å². The first-order valence-electron chi connectivity index (χ1n) is 5.90. The molecule has 98 valence electrons. The summed E-state index contributed by atoms with van der Waals surface area (Å²) in [7, 11) is 0. The van der Waals surface area contributed by atoms with Gasteiger partial charge in [0.25, 0.3) is 0 Å². The smallest absolute Gasteiger partial charge is 0.210 e. The van der Waals surface area contributed by atoms with Gasteiger partial charge in [-0.1, -0.05) is 0 Å². The summed E-state index contributed by atoms with van der Waals surface area (Å²) in [5, 5.41) is 13.0. The first-order valence-corrected chi connectivity index (χ1v) is 5.90. The number of hydrogen-bond acceptors (Lipinski definition) is 5. The highest BCUT2D eigenvalue weighted by Crippen LogP contribution is 2.42. The average molecular weight is 255 g/mol. The fraction of sp³-hybridized carbons (Fsp3) is 0.500. The zero-order valence-corrected chi connectivity index (χ0v) is 9.74. The van der Waals surface area contributed by atoms with E-state index in [0.29, 0.717) is 31.1 Å². The molecule has 2 aliphatic heterocycles. The Morgan fingerprint density at radius 2 is 2.11 bits per heavy atom. The molecule has 0 saturated carbocycles. The summed E-state index contributed by atoms with van der Waals surface area (Å²) >= 11 is 0. The van der Waals surface area contributed by atoms with E-state index in [4.69, 9.17) is 14.2 Å². The standard InChI is InChI=1S/C12H14FNO4/c13-10-11(15)7(9-6-14-1-2-16-9)5-8-12(10)18-4-3-17-8/h5,9,14-15H,1-4,6H2. The summed E-state index contributed by atoms with van der Waals surface area (Å²) in [5.41, 5.74) is 0.393. The minimum absolute atomic E-state index is 0.0220. The van der Waals surface area contributed by atoms with Gasteiger partial charge in [-0.3, -0.25) is 0 Å². The van der Waals surface area contributed by atoms with Crippen LogP contribution in [0.25, 0.3) is 0 Å². The Hall–Kier alpha value is -1.53. The van der Waals surface area contributed by atoms with Crippen LogP contribution in [0.5, 0.6) is 17.2 Å². The van der Waals surface area contributed by atoms with Crippen LogP contribution in [0, 0.1) is 5.82 Å². The van der Waals surface area contributed by atoms with Gasteiger partial charge in [0.1, 0.15) is 13.2 Å². The van der Waals surface area contributed by atoms with Gasteiger partial charge in [0.05, 0.1) is 12.7 Å². The average Bonchev–Trinajstić information content (AvgIpc) is 2.44. The van der Waals surface area contributed by atoms with Gasteiger partial charge in [0.15, 0.2) is 11.5 Å². The van der Waals surface area contributed by atoms with Crippen LogP contribution in [0.4, 0.5) is 4.39 Å². The van der Waals surface area contributed by atoms with Gasteiger partial charge in [-0.2, -0.15) is 4.39 Å². The van der Waals surface area contributed by atoms with Crippen molar-refractivity contribution in [3.05, 3.63) is 17.4 Å². The van der Waals surface area contributed by atoms with Gasteiger partial charge in [0, 0.05) is 18.7 Å². The fourth-order valence-corrected chi connectivity index (χ4v) is 2.17. The molecule has 0 aliphatic carbocycles. The van der Waals surface area contributed by atoms with Crippen molar-refractivity contribution in [1.29, 1.82) is 0 Å². The first kappa shape index (κ1) is 11.6. The van der Waals surface area contributed by atoms with E-state index in [9.17, 15) is 9.50 Å². The van der Waals surface area contributed by atoms with Crippen molar-refractivity contribution in [3.8, 4) is 17.2 Å². The lowest BCUT2D eigenvalue weighted by Gasteiger charge is -2.27. The van der Waals surface area contributed by atoms with E-state index < -0.39 is 11.6 Å². The summed E-state index contributed by atoms with van der Waals surface area (Å²) in [4.78, 5) is 0. The molecule has 3 rings (SSSR count). The van der Waals surface area contributed by atoms with Crippen molar-refractivity contribution >= 4 is 0 Å². The number of halogens is 1. The van der Waals surface area contributed by atoms with E-state index in [1.54, 1.807) is 6.07 Å². The van der Waals surface area contributed by atoms with Crippen molar-refractivity contribution < 1.29 is 23.7 Å². The Morgan fingerprint density at radius 3 is 2.89 bits per heavy atom. The minimum atomic E-state index is -0.781. The van der Waals surface area contributed by atoms with Crippen molar-refractivity contribution in [2.75, 3.05) is 32.9 Å². The molecule has 0 spiro atoms. The molecule has 1 aromatic carbocycles. The predicted molar refractivity (Wildman–Crippen MR) is 60.6 cm³/mol. The van der Waals surface area contributed by atoms with E-state index in [1.165, 1.54) is 0 Å². The topological polar surface area (TPSA) is 60.0 Å². The number of fused-ring (bicyclic) bond motifs is 1. The van der Waals surface area contributed by atoms with Gasteiger partial charge in [-0.15, -0.1) is 0 Å². The SMILES string of the molecule is Oc1c(C2CNCCO2)cc2c(c1F)OCCO2. The monoisotopic (exact) mass is 255 g/mol. The largest absolute Gasteiger partial charge is 0.504 e. The molecule has 1 unspecified atom stereocenters. The molecule has 1 atom stereocenters. The van der Waals surface area contributed by atoms with Crippen LogP contribution in [0.3, 0.4) is 0 Å². The van der Waals surface area contributed by atoms with E-state index in [0.717, 1.165) is 6.54 Å². The summed E-state index contributed by atoms with van der Waals surface area (Å²) < 4.78 is 30.0. The molecule has 1 aromatic rings. The van der Waals surface area contributed by atoms with Gasteiger partial charge in [0.2, 0.25) is 11.6 Å². The summed E-state index contributed by atoms with van der Waals surface area (Å²) in [6.45, 7) is 2.47. The third kappa shape index (κ3) is 1.87. The lowest BCUT2D eigenvalue weighted by molar-refractivity contribution is 0.0255. The molecule has 1 saturated heterocycles. The second kappa shape index (κ2) is 4.62. The van der Waals surface area contributed by atoms with Gasteiger partial charge < -0.3 is 24.6 Å². The van der Waals surface area contributed by atoms with Crippen LogP contribution in [-0.2, 0) is 4.74 Å². The van der Waals surface area contributed by atoms with Crippen LogP contribution in [0.15, 0.2) is 6.07 Å². The van der Waals surface area contributed by atoms with Crippen LogP contribution < -0.4 is 14.8 Å². The maximum atomic E-state index is 14.0. The molecular formula is C12H14FNO4. The second-order valence-electron chi connectivity index (χ2n) is 4.22. The Bertz CT molecular complexity index is 460. The summed E-state index contributed by atoms with van der Waals surface area (Å²) in [5.74, 6) is -0.906. The van der Waals surface area contributed by atoms with Crippen LogP contribution in [0.1, 0.15) is 11.7 Å². The maximum Gasteiger partial charge on any atom is 0.210 e. The number of phenolic OH excluding ortho intramolecular Hbond substituents is 1. The zero-order valence-electron chi connectivity index (χ0n) is 9.74. The molecule has 6 heteroatoms. The number of morpholine rings is 1. The van der Waals surface area contributed by atoms with E-state index in [2.05, 4.69) is 5.32 Å². The van der Waals surface area contributed by atoms with Crippen LogP contribution in [-0.4, -0.2) is 38.0 Å². The van der Waals surface area contributed by atoms with Gasteiger partial charge >= 0.3 is 0 Å². The first-order chi connectivity index (χ1) is 8.77. The van der Waals surface area contributed by atoms with E-state index in [1.807, 2.05) is 0 Å². The molecular weight excluding hydrogens is 241 g/mol. The highest BCUT2D eigenvalue weighted by molar-refractivity contribution is 5.53. The van der Waals surface area contributed by atoms with Crippen molar-refractivity contribution in [1.82, 2.24) is 5.32 Å². The third-order valence-corrected chi connectivity index (χ3v) is 3.05. The normalized spacial score (nSPS) is 22.8. The fourth-order valence-electron chi connectivity index (χ4n) is 2.17. The molecule has 5 nitrogen and oxygen atoms in total. The Labute approximate surface area is 103 Å². The lowest BCUT2D eigenvalue weighted by Crippen LogP contribution is -2.33. The van der Waals surface area contributed by atoms with Crippen molar-refractivity contribution in [2.24, 2.45) is 0 Å². The van der Waals surface area contributed by atoms with E-state index >= 15 is 0 Å². The summed E-state index contributed by atoms with van der Waals surface area (Å²) in [6, 6.07) is 1.59. The number of phenols is 1. The minimum Gasteiger partial charge on any atom is -0.504 e. The predicted octanol–water partition coefficient (Wildman–Crippen LogP) is 0.963. The van der Waals surface area contributed by atoms with Gasteiger partial charge in [-0.05, 0) is 6.07 Å². The molecule has 1 fully saturated rings. The maximum absolute atomic E-state index is 14.0. The Kier molecular flexibility index (Phi) is 2.97. The molecule has 2 N–H and O–H groups in total. The highest BCUT2D eigenvalue weighted by Gasteiger charge is 2.28. The number of nitrogens with one attached hydrogen (secondary N) is 1. The number of hydrogen-bond donors (Lipinski definition) is 2. The number of benzene rings is 1. The third-order valence-electron chi connectivity index (χ3n) is 3.05. The quantitative estimate of drug-likeness (QED) is 0.783. The molecule has 2 aliphatic rings. The van der Waals surface area contributed by atoms with Crippen LogP contribution in [0.2, 0.25) is 0 Å². The number of aromatic hydroxyl groups is 1. The lowest BCUT2D eigenvalue weighted by atomic mass is 10.1. The summed E-state index contributed by atoms with van der Waals surface area (Å²) in [6.07, 6.45) is -0.371. The zero-order chi connectivity index (χ0) is 12.5. The second-order valence-corrected chi connectivity index (χ2v) is 4.22. The van der Waals surface area contributed by atoms with Crippen LogP contribution >= 0.6 is 0 Å².